The van der Waals surface area contributed by atoms with E-state index in [0.717, 1.165) is 11.1 Å². The molecule has 2 nitrogen and oxygen atoms in total. The number of ketones is 1. The van der Waals surface area contributed by atoms with E-state index in [1.807, 2.05) is 24.3 Å². The molecule has 1 atom stereocenters. The highest BCUT2D eigenvalue weighted by molar-refractivity contribution is 5.91. The van der Waals surface area contributed by atoms with Crippen LogP contribution in [0, 0.1) is 0 Å². The lowest BCUT2D eigenvalue weighted by Gasteiger charge is -2.03. The minimum Gasteiger partial charge on any atom is -0.389 e. The van der Waals surface area contributed by atoms with Crippen molar-refractivity contribution in [3.8, 4) is 0 Å². The molecule has 1 aromatic carbocycles. The van der Waals surface area contributed by atoms with E-state index in [1.165, 1.54) is 13.0 Å². The monoisotopic (exact) mass is 190 g/mol. The Kier molecular flexibility index (Phi) is 3.60. The second-order valence-electron chi connectivity index (χ2n) is 3.29. The third kappa shape index (κ3) is 3.15. The van der Waals surface area contributed by atoms with E-state index in [0.29, 0.717) is 0 Å². The van der Waals surface area contributed by atoms with E-state index in [4.69, 9.17) is 0 Å². The molecule has 0 aliphatic heterocycles. The van der Waals surface area contributed by atoms with Crippen LogP contribution in [-0.2, 0) is 4.79 Å². The Morgan fingerprint density at radius 3 is 2.36 bits per heavy atom. The van der Waals surface area contributed by atoms with E-state index in [9.17, 15) is 9.90 Å². The van der Waals surface area contributed by atoms with Crippen molar-refractivity contribution in [3.63, 3.8) is 0 Å². The smallest absolute Gasteiger partial charge is 0.152 e. The highest BCUT2D eigenvalue weighted by Gasteiger charge is 1.98. The summed E-state index contributed by atoms with van der Waals surface area (Å²) in [7, 11) is 0. The third-order valence-corrected chi connectivity index (χ3v) is 1.93. The minimum atomic E-state index is -0.444. The maximum atomic E-state index is 10.7. The Bertz CT molecular complexity index is 334. The maximum absolute atomic E-state index is 10.7. The normalized spacial score (nSPS) is 13.1. The third-order valence-electron chi connectivity index (χ3n) is 1.93. The summed E-state index contributed by atoms with van der Waals surface area (Å²) in [6.07, 6.45) is 2.84. The summed E-state index contributed by atoms with van der Waals surface area (Å²) < 4.78 is 0. The topological polar surface area (TPSA) is 37.3 Å². The van der Waals surface area contributed by atoms with Crippen molar-refractivity contribution in [2.45, 2.75) is 20.0 Å². The van der Waals surface area contributed by atoms with Gasteiger partial charge in [-0.3, -0.25) is 4.79 Å². The SMILES string of the molecule is CC(=O)C=Cc1ccc(C(C)O)cc1. The molecular weight excluding hydrogens is 176 g/mol. The zero-order valence-electron chi connectivity index (χ0n) is 8.40. The summed E-state index contributed by atoms with van der Waals surface area (Å²) in [5.74, 6) is 0.0320. The molecule has 0 aliphatic carbocycles. The highest BCUT2D eigenvalue weighted by Crippen LogP contribution is 2.13. The van der Waals surface area contributed by atoms with Gasteiger partial charge in [0, 0.05) is 0 Å². The van der Waals surface area contributed by atoms with Crippen molar-refractivity contribution in [1.29, 1.82) is 0 Å². The molecule has 2 heteroatoms. The van der Waals surface area contributed by atoms with Crippen LogP contribution in [-0.4, -0.2) is 10.9 Å². The van der Waals surface area contributed by atoms with Gasteiger partial charge >= 0.3 is 0 Å². The molecule has 0 radical (unpaired) electrons. The predicted molar refractivity (Wildman–Crippen MR) is 56.8 cm³/mol. The van der Waals surface area contributed by atoms with Gasteiger partial charge in [0.25, 0.3) is 0 Å². The molecule has 14 heavy (non-hydrogen) atoms. The van der Waals surface area contributed by atoms with Gasteiger partial charge in [0.05, 0.1) is 6.10 Å². The zero-order chi connectivity index (χ0) is 10.6. The lowest BCUT2D eigenvalue weighted by atomic mass is 10.1. The molecule has 0 amide bonds. The molecular formula is C12H14O2. The molecule has 1 unspecified atom stereocenters. The first-order valence-electron chi connectivity index (χ1n) is 4.56. The molecule has 0 spiro atoms. The second kappa shape index (κ2) is 4.72. The van der Waals surface area contributed by atoms with Crippen molar-refractivity contribution in [3.05, 3.63) is 41.5 Å². The Labute approximate surface area is 83.9 Å². The molecule has 0 aliphatic rings. The predicted octanol–water partition coefficient (Wildman–Crippen LogP) is 2.34. The Morgan fingerprint density at radius 1 is 1.36 bits per heavy atom. The highest BCUT2D eigenvalue weighted by atomic mass is 16.3. The van der Waals surface area contributed by atoms with Crippen LogP contribution in [0.5, 0.6) is 0 Å². The maximum Gasteiger partial charge on any atom is 0.152 e. The molecule has 0 fully saturated rings. The number of carbonyl (C=O) groups excluding carboxylic acids is 1. The van der Waals surface area contributed by atoms with E-state index >= 15 is 0 Å². The van der Waals surface area contributed by atoms with Crippen molar-refractivity contribution in [1.82, 2.24) is 0 Å². The van der Waals surface area contributed by atoms with E-state index in [2.05, 4.69) is 0 Å². The fraction of sp³-hybridized carbons (Fsp3) is 0.250. The van der Waals surface area contributed by atoms with E-state index < -0.39 is 6.10 Å². The van der Waals surface area contributed by atoms with Crippen LogP contribution in [0.15, 0.2) is 30.3 Å². The van der Waals surface area contributed by atoms with Gasteiger partial charge < -0.3 is 5.11 Å². The van der Waals surface area contributed by atoms with Gasteiger partial charge in [0.15, 0.2) is 5.78 Å². The number of hydrogen-bond donors (Lipinski definition) is 1. The molecule has 1 N–H and O–H groups in total. The fourth-order valence-electron chi connectivity index (χ4n) is 1.10. The molecule has 74 valence electrons. The van der Waals surface area contributed by atoms with Gasteiger partial charge in [-0.05, 0) is 31.1 Å². The minimum absolute atomic E-state index is 0.0320. The van der Waals surface area contributed by atoms with Crippen molar-refractivity contribution >= 4 is 11.9 Å². The second-order valence-corrected chi connectivity index (χ2v) is 3.29. The average Bonchev–Trinajstić information content (AvgIpc) is 2.15. The number of aliphatic hydroxyl groups is 1. The van der Waals surface area contributed by atoms with Crippen LogP contribution < -0.4 is 0 Å². The van der Waals surface area contributed by atoms with Gasteiger partial charge in [0.1, 0.15) is 0 Å². The van der Waals surface area contributed by atoms with E-state index in [1.54, 1.807) is 13.0 Å². The summed E-state index contributed by atoms with van der Waals surface area (Å²) in [4.78, 5) is 10.7. The fourth-order valence-corrected chi connectivity index (χ4v) is 1.10. The summed E-state index contributed by atoms with van der Waals surface area (Å²) in [6, 6.07) is 7.46. The number of benzene rings is 1. The molecule has 0 bridgehead atoms. The van der Waals surface area contributed by atoms with Crippen molar-refractivity contribution in [2.24, 2.45) is 0 Å². The van der Waals surface area contributed by atoms with Crippen LogP contribution in [0.2, 0.25) is 0 Å². The Balaban J connectivity index is 2.78. The molecule has 1 rings (SSSR count). The van der Waals surface area contributed by atoms with Crippen LogP contribution >= 0.6 is 0 Å². The van der Waals surface area contributed by atoms with Crippen LogP contribution in [0.4, 0.5) is 0 Å². The van der Waals surface area contributed by atoms with Crippen molar-refractivity contribution in [2.75, 3.05) is 0 Å². The van der Waals surface area contributed by atoms with Gasteiger partial charge in [-0.25, -0.2) is 0 Å². The molecule has 0 saturated heterocycles. The standard InChI is InChI=1S/C12H14O2/c1-9(13)3-4-11-5-7-12(8-6-11)10(2)14/h3-8,10,14H,1-2H3. The zero-order valence-corrected chi connectivity index (χ0v) is 8.40. The number of carbonyl (C=O) groups is 1. The van der Waals surface area contributed by atoms with Gasteiger partial charge in [0.2, 0.25) is 0 Å². The first-order chi connectivity index (χ1) is 6.59. The summed E-state index contributed by atoms with van der Waals surface area (Å²) in [6.45, 7) is 3.24. The Hall–Kier alpha value is -1.41. The van der Waals surface area contributed by atoms with Crippen LogP contribution in [0.25, 0.3) is 6.08 Å². The number of rotatable bonds is 3. The molecule has 0 aromatic heterocycles. The lowest BCUT2D eigenvalue weighted by Crippen LogP contribution is -1.89. The quantitative estimate of drug-likeness (QED) is 0.743. The van der Waals surface area contributed by atoms with Crippen LogP contribution in [0.1, 0.15) is 31.1 Å². The summed E-state index contributed by atoms with van der Waals surface area (Å²) in [5.41, 5.74) is 1.84. The first kappa shape index (κ1) is 10.7. The van der Waals surface area contributed by atoms with Gasteiger partial charge in [-0.2, -0.15) is 0 Å². The molecule has 1 aromatic rings. The van der Waals surface area contributed by atoms with E-state index in [-0.39, 0.29) is 5.78 Å². The summed E-state index contributed by atoms with van der Waals surface area (Å²) >= 11 is 0. The largest absolute Gasteiger partial charge is 0.389 e. The summed E-state index contributed by atoms with van der Waals surface area (Å²) in [5, 5.41) is 9.26. The number of hydrogen-bond acceptors (Lipinski definition) is 2. The Morgan fingerprint density at radius 2 is 1.93 bits per heavy atom. The van der Waals surface area contributed by atoms with Gasteiger partial charge in [-0.15, -0.1) is 0 Å². The molecule has 0 heterocycles. The average molecular weight is 190 g/mol. The van der Waals surface area contributed by atoms with Crippen molar-refractivity contribution < 1.29 is 9.90 Å². The first-order valence-corrected chi connectivity index (χ1v) is 4.56. The van der Waals surface area contributed by atoms with Gasteiger partial charge in [-0.1, -0.05) is 30.3 Å². The molecule has 0 saturated carbocycles. The van der Waals surface area contributed by atoms with Crippen LogP contribution in [0.3, 0.4) is 0 Å². The lowest BCUT2D eigenvalue weighted by molar-refractivity contribution is -0.112. The number of allylic oxidation sites excluding steroid dienone is 1. The number of aliphatic hydroxyl groups excluding tert-OH is 1.